The lowest BCUT2D eigenvalue weighted by molar-refractivity contribution is 0.745. The van der Waals surface area contributed by atoms with Crippen molar-refractivity contribution in [1.82, 2.24) is 0 Å². The highest BCUT2D eigenvalue weighted by Crippen LogP contribution is 2.47. The van der Waals surface area contributed by atoms with Crippen LogP contribution < -0.4 is 31.9 Å². The minimum atomic E-state index is -0.720. The Balaban J connectivity index is 0.878. The molecule has 0 aliphatic carbocycles. The molecule has 0 aromatic heterocycles. The molecule has 0 spiro atoms. The van der Waals surface area contributed by atoms with Crippen LogP contribution in [0.4, 0.5) is 68.2 Å². The molecule has 386 valence electrons. The smallest absolute Gasteiger partial charge is 0.0701 e. The summed E-state index contributed by atoms with van der Waals surface area (Å²) in [5.41, 5.74) is 19.8. The van der Waals surface area contributed by atoms with E-state index in [1.807, 2.05) is 54.6 Å². The number of nitrogens with one attached hydrogen (secondary N) is 6. The Morgan fingerprint density at radius 1 is 0.163 bits per heavy atom. The van der Waals surface area contributed by atoms with Gasteiger partial charge in [-0.3, -0.25) is 0 Å². The minimum absolute atomic E-state index is 0.00237. The van der Waals surface area contributed by atoms with Gasteiger partial charge >= 0.3 is 0 Å². The summed E-state index contributed by atoms with van der Waals surface area (Å²) in [6.07, 6.45) is 0. The molecule has 0 aliphatic rings. The molecule has 0 amide bonds. The van der Waals surface area contributed by atoms with Gasteiger partial charge in [0.05, 0.1) is 5.41 Å². The molecule has 12 aromatic rings. The molecule has 6 heteroatoms. The summed E-state index contributed by atoms with van der Waals surface area (Å²) in [4.78, 5) is 0. The van der Waals surface area contributed by atoms with Crippen molar-refractivity contribution in [3.05, 3.63) is 360 Å². The quantitative estimate of drug-likeness (QED) is 0.0454. The summed E-state index contributed by atoms with van der Waals surface area (Å²) in [6.45, 7) is 0. The highest BCUT2D eigenvalue weighted by molar-refractivity contribution is 5.71. The zero-order valence-corrected chi connectivity index (χ0v) is 44.2. The molecule has 0 heterocycles. The number of anilines is 12. The summed E-state index contributed by atoms with van der Waals surface area (Å²) in [5.74, 6) is 0.00237. The van der Waals surface area contributed by atoms with E-state index >= 15 is 0 Å². The maximum atomic E-state index is 3.76. The van der Waals surface area contributed by atoms with Crippen LogP contribution in [0.15, 0.2) is 322 Å². The van der Waals surface area contributed by atoms with Crippen LogP contribution >= 0.6 is 0 Å². The molecule has 12 rings (SSSR count). The van der Waals surface area contributed by atoms with Crippen molar-refractivity contribution >= 4 is 68.2 Å². The summed E-state index contributed by atoms with van der Waals surface area (Å²) in [7, 11) is 0. The van der Waals surface area contributed by atoms with E-state index < -0.39 is 5.41 Å². The molecule has 0 saturated heterocycles. The fourth-order valence-electron chi connectivity index (χ4n) is 10.7. The molecule has 0 radical (unpaired) electrons. The number of para-hydroxylation sites is 5. The van der Waals surface area contributed by atoms with Crippen LogP contribution in [0, 0.1) is 0 Å². The predicted molar refractivity (Wildman–Crippen MR) is 337 cm³/mol. The number of hydrogen-bond acceptors (Lipinski definition) is 6. The van der Waals surface area contributed by atoms with Gasteiger partial charge in [0.2, 0.25) is 0 Å². The van der Waals surface area contributed by atoms with E-state index in [1.54, 1.807) is 0 Å². The standard InChI is InChI=1S/C74H60N6/c1-6-16-61(17-7-1)75-66-40-26-54(27-41-66)73(55-28-42-67(43-29-55)76-62-18-8-2-9-19-62)56-30-44-68(45-31-56)80-72-52-38-60(39-53-72)74(57-32-46-69(47-33-57)77-63-20-10-3-11-21-63,58-34-48-70(49-35-58)78-64-22-12-4-13-23-64)59-36-50-71(51-37-59)79-65-24-14-5-15-25-65/h1-53,73,75-80H. The second-order valence-electron chi connectivity index (χ2n) is 19.9. The van der Waals surface area contributed by atoms with Crippen LogP contribution in [-0.2, 0) is 5.41 Å². The average molecular weight is 1030 g/mol. The lowest BCUT2D eigenvalue weighted by Gasteiger charge is -2.37. The summed E-state index contributed by atoms with van der Waals surface area (Å²) in [6, 6.07) is 114. The SMILES string of the molecule is c1ccc(Nc2ccc(C(c3ccc(Nc4ccccc4)cc3)c3ccc(Nc4ccc(C(c5ccc(Nc6ccccc6)cc5)(c5ccc(Nc6ccccc6)cc5)c5ccc(Nc6ccccc6)cc5)cc4)cc3)cc2)cc1. The van der Waals surface area contributed by atoms with Crippen LogP contribution in [0.2, 0.25) is 0 Å². The molecule has 0 saturated carbocycles. The Morgan fingerprint density at radius 2 is 0.312 bits per heavy atom. The van der Waals surface area contributed by atoms with Gasteiger partial charge in [0.25, 0.3) is 0 Å². The lowest BCUT2D eigenvalue weighted by atomic mass is 9.65. The topological polar surface area (TPSA) is 72.2 Å². The third kappa shape index (κ3) is 11.7. The molecule has 6 N–H and O–H groups in total. The minimum Gasteiger partial charge on any atom is -0.356 e. The molecule has 0 bridgehead atoms. The van der Waals surface area contributed by atoms with Gasteiger partial charge in [0.15, 0.2) is 0 Å². The van der Waals surface area contributed by atoms with Gasteiger partial charge in [-0.15, -0.1) is 0 Å². The first-order valence-corrected chi connectivity index (χ1v) is 27.2. The molecule has 80 heavy (non-hydrogen) atoms. The molecular weight excluding hydrogens is 973 g/mol. The molecular formula is C74H60N6. The van der Waals surface area contributed by atoms with E-state index in [2.05, 4.69) is 299 Å². The normalized spacial score (nSPS) is 11.1. The van der Waals surface area contributed by atoms with E-state index in [9.17, 15) is 0 Å². The van der Waals surface area contributed by atoms with Crippen molar-refractivity contribution < 1.29 is 0 Å². The molecule has 6 nitrogen and oxygen atoms in total. The fourth-order valence-corrected chi connectivity index (χ4v) is 10.7. The van der Waals surface area contributed by atoms with Crippen LogP contribution in [0.25, 0.3) is 0 Å². The van der Waals surface area contributed by atoms with Crippen molar-refractivity contribution in [3.8, 4) is 0 Å². The summed E-state index contributed by atoms with van der Waals surface area (Å²) >= 11 is 0. The number of rotatable bonds is 19. The van der Waals surface area contributed by atoms with Gasteiger partial charge in [-0.05, 0) is 185 Å². The second kappa shape index (κ2) is 23.8. The zero-order chi connectivity index (χ0) is 53.8. The predicted octanol–water partition coefficient (Wildman–Crippen LogP) is 19.7. The van der Waals surface area contributed by atoms with Gasteiger partial charge in [-0.1, -0.05) is 176 Å². The van der Waals surface area contributed by atoms with Crippen LogP contribution in [0.1, 0.15) is 44.9 Å². The Hall–Kier alpha value is -10.6. The number of benzene rings is 12. The zero-order valence-electron chi connectivity index (χ0n) is 44.2. The maximum absolute atomic E-state index is 3.76. The van der Waals surface area contributed by atoms with Crippen molar-refractivity contribution in [2.24, 2.45) is 0 Å². The average Bonchev–Trinajstić information content (AvgIpc) is 3.52. The van der Waals surface area contributed by atoms with Gasteiger partial charge in [0.1, 0.15) is 0 Å². The van der Waals surface area contributed by atoms with Crippen molar-refractivity contribution in [3.63, 3.8) is 0 Å². The molecule has 0 aliphatic heterocycles. The van der Waals surface area contributed by atoms with E-state index in [-0.39, 0.29) is 5.92 Å². The number of hydrogen-bond donors (Lipinski definition) is 6. The van der Waals surface area contributed by atoms with Crippen molar-refractivity contribution in [2.75, 3.05) is 31.9 Å². The second-order valence-corrected chi connectivity index (χ2v) is 19.9. The summed E-state index contributed by atoms with van der Waals surface area (Å²) in [5, 5.41) is 21.7. The van der Waals surface area contributed by atoms with Crippen LogP contribution in [0.5, 0.6) is 0 Å². The Bertz CT molecular complexity index is 3550. The van der Waals surface area contributed by atoms with E-state index in [0.717, 1.165) is 90.5 Å². The molecule has 0 unspecified atom stereocenters. The Morgan fingerprint density at radius 3 is 0.487 bits per heavy atom. The largest absolute Gasteiger partial charge is 0.356 e. The van der Waals surface area contributed by atoms with Crippen molar-refractivity contribution in [2.45, 2.75) is 11.3 Å². The molecule has 0 atom stereocenters. The molecule has 12 aromatic carbocycles. The maximum Gasteiger partial charge on any atom is 0.0701 e. The van der Waals surface area contributed by atoms with E-state index in [1.165, 1.54) is 16.7 Å². The van der Waals surface area contributed by atoms with E-state index in [4.69, 9.17) is 0 Å². The van der Waals surface area contributed by atoms with Crippen molar-refractivity contribution in [1.29, 1.82) is 0 Å². The Labute approximate surface area is 469 Å². The van der Waals surface area contributed by atoms with Gasteiger partial charge in [-0.25, -0.2) is 0 Å². The van der Waals surface area contributed by atoms with E-state index in [0.29, 0.717) is 0 Å². The Kier molecular flexibility index (Phi) is 14.9. The van der Waals surface area contributed by atoms with Crippen LogP contribution in [-0.4, -0.2) is 0 Å². The van der Waals surface area contributed by atoms with Gasteiger partial charge in [-0.2, -0.15) is 0 Å². The third-order valence-electron chi connectivity index (χ3n) is 14.6. The first-order valence-electron chi connectivity index (χ1n) is 27.2. The van der Waals surface area contributed by atoms with Gasteiger partial charge < -0.3 is 31.9 Å². The van der Waals surface area contributed by atoms with Gasteiger partial charge in [0, 0.05) is 74.2 Å². The van der Waals surface area contributed by atoms with Crippen LogP contribution in [0.3, 0.4) is 0 Å². The fraction of sp³-hybridized carbons (Fsp3) is 0.0270. The highest BCUT2D eigenvalue weighted by Gasteiger charge is 2.38. The lowest BCUT2D eigenvalue weighted by Crippen LogP contribution is -2.31. The molecule has 0 fully saturated rings. The third-order valence-corrected chi connectivity index (χ3v) is 14.6. The highest BCUT2D eigenvalue weighted by atomic mass is 14.9. The monoisotopic (exact) mass is 1030 g/mol. The summed E-state index contributed by atoms with van der Waals surface area (Å²) < 4.78 is 0. The first kappa shape index (κ1) is 50.3. The first-order chi connectivity index (χ1) is 39.6.